The lowest BCUT2D eigenvalue weighted by molar-refractivity contribution is 0.0718. The lowest BCUT2D eigenvalue weighted by atomic mass is 9.89. The summed E-state index contributed by atoms with van der Waals surface area (Å²) in [4.78, 5) is 17.2. The molecule has 0 bridgehead atoms. The fraction of sp³-hybridized carbons (Fsp3) is 0.476. The Morgan fingerprint density at radius 3 is 2.48 bits per heavy atom. The Labute approximate surface area is 154 Å². The van der Waals surface area contributed by atoms with Gasteiger partial charge in [-0.15, -0.1) is 11.3 Å². The fourth-order valence-corrected chi connectivity index (χ4v) is 4.95. The Bertz CT molecular complexity index is 712. The molecule has 2 heterocycles. The molecule has 3 rings (SSSR count). The number of phenols is 1. The SMILES string of the molecule is CCCc1sc(C(=O)N2CCC(c3ccc(O)cc3)CC2)cc1CC. The molecule has 0 aliphatic carbocycles. The third-order valence-corrected chi connectivity index (χ3v) is 6.34. The van der Waals surface area contributed by atoms with E-state index in [0.29, 0.717) is 11.7 Å². The van der Waals surface area contributed by atoms with Gasteiger partial charge in [-0.2, -0.15) is 0 Å². The Balaban J connectivity index is 1.64. The number of thiophene rings is 1. The molecule has 1 fully saturated rings. The van der Waals surface area contributed by atoms with Crippen molar-refractivity contribution in [2.45, 2.75) is 51.9 Å². The highest BCUT2D eigenvalue weighted by Crippen LogP contribution is 2.31. The van der Waals surface area contributed by atoms with E-state index < -0.39 is 0 Å². The van der Waals surface area contributed by atoms with Gasteiger partial charge < -0.3 is 10.0 Å². The lowest BCUT2D eigenvalue weighted by Crippen LogP contribution is -2.37. The monoisotopic (exact) mass is 357 g/mol. The van der Waals surface area contributed by atoms with Gasteiger partial charge in [0.2, 0.25) is 0 Å². The normalized spacial score (nSPS) is 15.5. The second kappa shape index (κ2) is 8.05. The summed E-state index contributed by atoms with van der Waals surface area (Å²) in [5.41, 5.74) is 2.61. The van der Waals surface area contributed by atoms with E-state index in [9.17, 15) is 9.90 Å². The summed E-state index contributed by atoms with van der Waals surface area (Å²) < 4.78 is 0. The van der Waals surface area contributed by atoms with Gasteiger partial charge in [0.25, 0.3) is 5.91 Å². The van der Waals surface area contributed by atoms with Gasteiger partial charge in [0.1, 0.15) is 5.75 Å². The third kappa shape index (κ3) is 4.06. The van der Waals surface area contributed by atoms with Crippen molar-refractivity contribution >= 4 is 17.2 Å². The molecule has 134 valence electrons. The Hall–Kier alpha value is -1.81. The van der Waals surface area contributed by atoms with Gasteiger partial charge in [0.05, 0.1) is 4.88 Å². The number of hydrogen-bond donors (Lipinski definition) is 1. The number of rotatable bonds is 5. The summed E-state index contributed by atoms with van der Waals surface area (Å²) >= 11 is 1.69. The number of likely N-dealkylation sites (tertiary alicyclic amines) is 1. The van der Waals surface area contributed by atoms with Crippen molar-refractivity contribution in [2.75, 3.05) is 13.1 Å². The highest BCUT2D eigenvalue weighted by Gasteiger charge is 2.26. The van der Waals surface area contributed by atoms with Crippen LogP contribution in [-0.4, -0.2) is 29.0 Å². The van der Waals surface area contributed by atoms with Crippen LogP contribution in [0.25, 0.3) is 0 Å². The zero-order valence-corrected chi connectivity index (χ0v) is 15.9. The van der Waals surface area contributed by atoms with Crippen LogP contribution in [0.2, 0.25) is 0 Å². The molecule has 1 aliphatic heterocycles. The molecule has 25 heavy (non-hydrogen) atoms. The summed E-state index contributed by atoms with van der Waals surface area (Å²) in [5, 5.41) is 9.43. The molecule has 1 amide bonds. The number of nitrogens with zero attached hydrogens (tertiary/aromatic N) is 1. The van der Waals surface area contributed by atoms with Gasteiger partial charge in [0.15, 0.2) is 0 Å². The Morgan fingerprint density at radius 2 is 1.88 bits per heavy atom. The molecule has 4 heteroatoms. The van der Waals surface area contributed by atoms with Gasteiger partial charge >= 0.3 is 0 Å². The van der Waals surface area contributed by atoms with Gasteiger partial charge in [-0.25, -0.2) is 0 Å². The fourth-order valence-electron chi connectivity index (χ4n) is 3.63. The second-order valence-corrected chi connectivity index (χ2v) is 7.96. The molecular formula is C21H27NO2S. The maximum absolute atomic E-state index is 12.9. The molecule has 0 atom stereocenters. The Morgan fingerprint density at radius 1 is 1.20 bits per heavy atom. The van der Waals surface area contributed by atoms with E-state index in [1.54, 1.807) is 23.5 Å². The van der Waals surface area contributed by atoms with E-state index >= 15 is 0 Å². The maximum atomic E-state index is 12.9. The van der Waals surface area contributed by atoms with E-state index in [0.717, 1.165) is 50.1 Å². The summed E-state index contributed by atoms with van der Waals surface area (Å²) in [6.07, 6.45) is 5.18. The number of aromatic hydroxyl groups is 1. The molecule has 3 nitrogen and oxygen atoms in total. The topological polar surface area (TPSA) is 40.5 Å². The van der Waals surface area contributed by atoms with Gasteiger partial charge in [-0.1, -0.05) is 32.4 Å². The number of phenolic OH excluding ortho intramolecular Hbond substituents is 1. The van der Waals surface area contributed by atoms with Crippen LogP contribution in [0.4, 0.5) is 0 Å². The smallest absolute Gasteiger partial charge is 0.263 e. The van der Waals surface area contributed by atoms with Crippen molar-refractivity contribution < 1.29 is 9.90 Å². The minimum absolute atomic E-state index is 0.200. The second-order valence-electron chi connectivity index (χ2n) is 6.82. The highest BCUT2D eigenvalue weighted by molar-refractivity contribution is 7.14. The van der Waals surface area contributed by atoms with Crippen molar-refractivity contribution in [3.63, 3.8) is 0 Å². The Kier molecular flexibility index (Phi) is 5.79. The standard InChI is InChI=1S/C21H27NO2S/c1-3-5-19-15(4-2)14-20(25-19)21(24)22-12-10-17(11-13-22)16-6-8-18(23)9-7-16/h6-9,14,17,23H,3-5,10-13H2,1-2H3. The molecular weight excluding hydrogens is 330 g/mol. The van der Waals surface area contributed by atoms with Crippen molar-refractivity contribution in [1.82, 2.24) is 4.90 Å². The average molecular weight is 358 g/mol. The van der Waals surface area contributed by atoms with Crippen LogP contribution in [0.5, 0.6) is 5.75 Å². The average Bonchev–Trinajstić information content (AvgIpc) is 3.05. The number of carbonyl (C=O) groups excluding carboxylic acids is 1. The molecule has 1 aliphatic rings. The van der Waals surface area contributed by atoms with Crippen molar-refractivity contribution in [2.24, 2.45) is 0 Å². The van der Waals surface area contributed by atoms with Crippen molar-refractivity contribution in [1.29, 1.82) is 0 Å². The number of amides is 1. The van der Waals surface area contributed by atoms with Crippen LogP contribution < -0.4 is 0 Å². The van der Waals surface area contributed by atoms with Gasteiger partial charge in [-0.3, -0.25) is 4.79 Å². The molecule has 1 aromatic heterocycles. The molecule has 0 spiro atoms. The van der Waals surface area contributed by atoms with Crippen molar-refractivity contribution in [3.05, 3.63) is 51.2 Å². The summed E-state index contributed by atoms with van der Waals surface area (Å²) in [6.45, 7) is 5.98. The maximum Gasteiger partial charge on any atom is 0.263 e. The van der Waals surface area contributed by atoms with Crippen LogP contribution in [0.1, 0.15) is 64.7 Å². The highest BCUT2D eigenvalue weighted by atomic mass is 32.1. The first-order valence-electron chi connectivity index (χ1n) is 9.32. The quantitative estimate of drug-likeness (QED) is 0.819. The number of hydrogen-bond acceptors (Lipinski definition) is 3. The molecule has 0 saturated carbocycles. The van der Waals surface area contributed by atoms with E-state index in [2.05, 4.69) is 19.9 Å². The number of piperidine rings is 1. The zero-order valence-electron chi connectivity index (χ0n) is 15.1. The predicted octanol–water partition coefficient (Wildman–Crippen LogP) is 4.99. The number of benzene rings is 1. The van der Waals surface area contributed by atoms with Crippen LogP contribution in [0, 0.1) is 0 Å². The molecule has 0 radical (unpaired) electrons. The minimum atomic E-state index is 0.200. The third-order valence-electron chi connectivity index (χ3n) is 5.11. The van der Waals surface area contributed by atoms with Gasteiger partial charge in [0, 0.05) is 18.0 Å². The first-order chi connectivity index (χ1) is 12.1. The van der Waals surface area contributed by atoms with Gasteiger partial charge in [-0.05, 0) is 60.9 Å². The van der Waals surface area contributed by atoms with Crippen LogP contribution in [0.15, 0.2) is 30.3 Å². The van der Waals surface area contributed by atoms with E-state index in [4.69, 9.17) is 0 Å². The van der Waals surface area contributed by atoms with E-state index in [-0.39, 0.29) is 5.91 Å². The first kappa shape index (κ1) is 18.0. The molecule has 1 saturated heterocycles. The van der Waals surface area contributed by atoms with Crippen LogP contribution in [0.3, 0.4) is 0 Å². The summed E-state index contributed by atoms with van der Waals surface area (Å²) in [5.74, 6) is 0.990. The molecule has 2 aromatic rings. The van der Waals surface area contributed by atoms with Crippen LogP contribution in [-0.2, 0) is 12.8 Å². The number of carbonyl (C=O) groups is 1. The largest absolute Gasteiger partial charge is 0.508 e. The molecule has 1 aromatic carbocycles. The lowest BCUT2D eigenvalue weighted by Gasteiger charge is -2.32. The minimum Gasteiger partial charge on any atom is -0.508 e. The van der Waals surface area contributed by atoms with Crippen LogP contribution >= 0.6 is 11.3 Å². The summed E-state index contributed by atoms with van der Waals surface area (Å²) in [6, 6.07) is 9.62. The van der Waals surface area contributed by atoms with Crippen molar-refractivity contribution in [3.8, 4) is 5.75 Å². The zero-order chi connectivity index (χ0) is 17.8. The molecule has 0 unspecified atom stereocenters. The molecule has 1 N–H and O–H groups in total. The first-order valence-corrected chi connectivity index (χ1v) is 10.1. The summed E-state index contributed by atoms with van der Waals surface area (Å²) in [7, 11) is 0. The predicted molar refractivity (Wildman–Crippen MR) is 104 cm³/mol. The van der Waals surface area contributed by atoms with E-state index in [1.165, 1.54) is 16.0 Å². The van der Waals surface area contributed by atoms with E-state index in [1.807, 2.05) is 17.0 Å². The number of aryl methyl sites for hydroxylation is 2.